The minimum absolute atomic E-state index is 0.344. The van der Waals surface area contributed by atoms with Crippen LogP contribution in [0.3, 0.4) is 0 Å². The highest BCUT2D eigenvalue weighted by atomic mass is 35.5. The molecular weight excluding hydrogens is 192 g/mol. The summed E-state index contributed by atoms with van der Waals surface area (Å²) >= 11 is 4.89. The molecule has 13 heavy (non-hydrogen) atoms. The molecule has 0 unspecified atom stereocenters. The molecule has 0 aliphatic rings. The lowest BCUT2D eigenvalue weighted by molar-refractivity contribution is 0.0661. The first-order valence-corrected chi connectivity index (χ1v) is 3.96. The first-order valence-electron chi connectivity index (χ1n) is 3.58. The molecule has 3 nitrogen and oxygen atoms in total. The molecule has 68 valence electrons. The van der Waals surface area contributed by atoms with Crippen LogP contribution in [0.25, 0.3) is 0 Å². The minimum Gasteiger partial charge on any atom is -0.377 e. The minimum atomic E-state index is -1.12. The van der Waals surface area contributed by atoms with E-state index in [1.807, 2.05) is 0 Å². The number of benzene rings is 1. The number of rotatable bonds is 1. The molecule has 0 saturated heterocycles. The highest BCUT2D eigenvalue weighted by Crippen LogP contribution is 2.09. The summed E-state index contributed by atoms with van der Waals surface area (Å²) in [6.07, 6.45) is 0. The largest absolute Gasteiger partial charge is 0.411 e. The van der Waals surface area contributed by atoms with E-state index in [4.69, 9.17) is 11.6 Å². The van der Waals surface area contributed by atoms with Crippen LogP contribution in [0.5, 0.6) is 0 Å². The zero-order chi connectivity index (χ0) is 9.84. The van der Waals surface area contributed by atoms with Gasteiger partial charge in [-0.1, -0.05) is 18.2 Å². The molecule has 1 aromatic carbocycles. The molecule has 0 N–H and O–H groups in total. The van der Waals surface area contributed by atoms with Crippen molar-refractivity contribution in [3.8, 4) is 0 Å². The van der Waals surface area contributed by atoms with Gasteiger partial charge in [-0.15, -0.1) is 0 Å². The Morgan fingerprint density at radius 2 is 1.92 bits per heavy atom. The Morgan fingerprint density at radius 1 is 1.31 bits per heavy atom. The predicted octanol–water partition coefficient (Wildman–Crippen LogP) is 2.51. The lowest BCUT2D eigenvalue weighted by Gasteiger charge is -2.01. The zero-order valence-electron chi connectivity index (χ0n) is 6.91. The third kappa shape index (κ3) is 2.56. The average molecular weight is 199 g/mol. The maximum Gasteiger partial charge on any atom is 0.411 e. The molecule has 0 fully saturated rings. The Balaban J connectivity index is 2.89. The van der Waals surface area contributed by atoms with E-state index < -0.39 is 11.4 Å². The maximum atomic E-state index is 11.1. The topological polar surface area (TPSA) is 43.4 Å². The first kappa shape index (κ1) is 9.74. The molecule has 0 aliphatic carbocycles. The van der Waals surface area contributed by atoms with Crippen LogP contribution in [-0.4, -0.2) is 11.4 Å². The van der Waals surface area contributed by atoms with E-state index >= 15 is 0 Å². The van der Waals surface area contributed by atoms with Crippen molar-refractivity contribution >= 4 is 23.0 Å². The summed E-state index contributed by atoms with van der Waals surface area (Å²) in [7, 11) is 0. The Labute approximate surface area is 80.3 Å². The molecule has 0 amide bonds. The standard InChI is InChI=1S/C9H7ClO3/c1-6-4-2-3-5-7(6)8(11)13-9(10)12/h2-5H,1H3. The van der Waals surface area contributed by atoms with Crippen molar-refractivity contribution in [2.24, 2.45) is 0 Å². The van der Waals surface area contributed by atoms with Crippen LogP contribution in [-0.2, 0) is 4.74 Å². The number of carbonyl (C=O) groups excluding carboxylic acids is 2. The average Bonchev–Trinajstić information content (AvgIpc) is 2.03. The van der Waals surface area contributed by atoms with E-state index in [-0.39, 0.29) is 0 Å². The fourth-order valence-electron chi connectivity index (χ4n) is 0.930. The Kier molecular flexibility index (Phi) is 3.03. The molecule has 0 aliphatic heterocycles. The third-order valence-electron chi connectivity index (χ3n) is 1.54. The van der Waals surface area contributed by atoms with Gasteiger partial charge in [0.1, 0.15) is 0 Å². The van der Waals surface area contributed by atoms with Gasteiger partial charge in [-0.05, 0) is 18.6 Å². The Bertz CT molecular complexity index is 346. The molecule has 4 heteroatoms. The van der Waals surface area contributed by atoms with E-state index in [1.165, 1.54) is 0 Å². The zero-order valence-corrected chi connectivity index (χ0v) is 7.67. The first-order chi connectivity index (χ1) is 6.11. The SMILES string of the molecule is Cc1ccccc1C(=O)OC(=O)Cl. The molecule has 0 bridgehead atoms. The van der Waals surface area contributed by atoms with Gasteiger partial charge in [0.05, 0.1) is 5.56 Å². The molecular formula is C9H7ClO3. The normalized spacial score (nSPS) is 9.38. The molecule has 0 atom stereocenters. The van der Waals surface area contributed by atoms with Crippen molar-refractivity contribution in [2.45, 2.75) is 6.92 Å². The van der Waals surface area contributed by atoms with Gasteiger partial charge in [0.15, 0.2) is 0 Å². The predicted molar refractivity (Wildman–Crippen MR) is 47.8 cm³/mol. The molecule has 0 saturated carbocycles. The fraction of sp³-hybridized carbons (Fsp3) is 0.111. The molecule has 0 spiro atoms. The highest BCUT2D eigenvalue weighted by Gasteiger charge is 2.12. The summed E-state index contributed by atoms with van der Waals surface area (Å²) in [5.74, 6) is -0.724. The molecule has 0 heterocycles. The van der Waals surface area contributed by atoms with Gasteiger partial charge < -0.3 is 4.74 Å². The third-order valence-corrected chi connectivity index (χ3v) is 1.62. The molecule has 1 rings (SSSR count). The number of aryl methyl sites for hydroxylation is 1. The maximum absolute atomic E-state index is 11.1. The molecule has 0 radical (unpaired) electrons. The van der Waals surface area contributed by atoms with Gasteiger partial charge in [-0.25, -0.2) is 9.59 Å². The number of halogens is 1. The van der Waals surface area contributed by atoms with Crippen molar-refractivity contribution in [1.82, 2.24) is 0 Å². The number of hydrogen-bond acceptors (Lipinski definition) is 3. The van der Waals surface area contributed by atoms with Crippen LogP contribution in [0, 0.1) is 6.92 Å². The summed E-state index contributed by atoms with van der Waals surface area (Å²) in [6.45, 7) is 1.75. The van der Waals surface area contributed by atoms with E-state index in [1.54, 1.807) is 31.2 Å². The van der Waals surface area contributed by atoms with Gasteiger partial charge in [0.2, 0.25) is 0 Å². The van der Waals surface area contributed by atoms with Gasteiger partial charge in [0.25, 0.3) is 0 Å². The van der Waals surface area contributed by atoms with Crippen LogP contribution in [0.4, 0.5) is 4.79 Å². The number of carbonyl (C=O) groups is 2. The summed E-state index contributed by atoms with van der Waals surface area (Å²) in [4.78, 5) is 21.4. The van der Waals surface area contributed by atoms with Crippen molar-refractivity contribution in [1.29, 1.82) is 0 Å². The van der Waals surface area contributed by atoms with E-state index in [9.17, 15) is 9.59 Å². The lowest BCUT2D eigenvalue weighted by Crippen LogP contribution is -2.08. The summed E-state index contributed by atoms with van der Waals surface area (Å²) in [5.41, 5.74) is -0.0323. The van der Waals surface area contributed by atoms with E-state index in [0.717, 1.165) is 5.56 Å². The van der Waals surface area contributed by atoms with Gasteiger partial charge in [0, 0.05) is 11.6 Å². The second-order valence-electron chi connectivity index (χ2n) is 2.44. The number of ether oxygens (including phenoxy) is 1. The van der Waals surface area contributed by atoms with Crippen LogP contribution in [0.2, 0.25) is 0 Å². The Morgan fingerprint density at radius 3 is 2.46 bits per heavy atom. The van der Waals surface area contributed by atoms with Crippen molar-refractivity contribution < 1.29 is 14.3 Å². The smallest absolute Gasteiger partial charge is 0.377 e. The summed E-state index contributed by atoms with van der Waals surface area (Å²) in [5, 5.41) is 0. The summed E-state index contributed by atoms with van der Waals surface area (Å²) in [6, 6.07) is 6.78. The summed E-state index contributed by atoms with van der Waals surface area (Å²) < 4.78 is 4.20. The van der Waals surface area contributed by atoms with Gasteiger partial charge in [-0.2, -0.15) is 0 Å². The van der Waals surface area contributed by atoms with Crippen LogP contribution < -0.4 is 0 Å². The molecule has 1 aromatic rings. The van der Waals surface area contributed by atoms with Crippen LogP contribution >= 0.6 is 11.6 Å². The van der Waals surface area contributed by atoms with Gasteiger partial charge >= 0.3 is 11.4 Å². The van der Waals surface area contributed by atoms with Crippen LogP contribution in [0.15, 0.2) is 24.3 Å². The van der Waals surface area contributed by atoms with Crippen molar-refractivity contribution in [3.63, 3.8) is 0 Å². The van der Waals surface area contributed by atoms with Crippen molar-refractivity contribution in [3.05, 3.63) is 35.4 Å². The Hall–Kier alpha value is -1.35. The van der Waals surface area contributed by atoms with E-state index in [0.29, 0.717) is 5.56 Å². The number of hydrogen-bond donors (Lipinski definition) is 0. The van der Waals surface area contributed by atoms with Crippen LogP contribution in [0.1, 0.15) is 15.9 Å². The quantitative estimate of drug-likeness (QED) is 0.396. The van der Waals surface area contributed by atoms with Crippen molar-refractivity contribution in [2.75, 3.05) is 0 Å². The lowest BCUT2D eigenvalue weighted by atomic mass is 10.1. The number of esters is 1. The second kappa shape index (κ2) is 4.05. The van der Waals surface area contributed by atoms with E-state index in [2.05, 4.69) is 4.74 Å². The fourth-order valence-corrected chi connectivity index (χ4v) is 1.000. The molecule has 0 aromatic heterocycles. The second-order valence-corrected chi connectivity index (χ2v) is 2.75. The van der Waals surface area contributed by atoms with Gasteiger partial charge in [-0.3, -0.25) is 0 Å². The monoisotopic (exact) mass is 198 g/mol. The highest BCUT2D eigenvalue weighted by molar-refractivity contribution is 6.62.